The van der Waals surface area contributed by atoms with Gasteiger partial charge in [-0.1, -0.05) is 86.6 Å². The Morgan fingerprint density at radius 3 is 2.18 bits per heavy atom. The molecule has 0 radical (unpaired) electrons. The summed E-state index contributed by atoms with van der Waals surface area (Å²) in [5.41, 5.74) is 4.08. The van der Waals surface area contributed by atoms with E-state index in [9.17, 15) is 24.3 Å². The fourth-order valence-corrected chi connectivity index (χ4v) is 7.26. The Morgan fingerprint density at radius 2 is 1.46 bits per heavy atom. The van der Waals surface area contributed by atoms with Crippen LogP contribution in [0.4, 0.5) is 5.69 Å². The lowest BCUT2D eigenvalue weighted by atomic mass is 9.96. The van der Waals surface area contributed by atoms with Gasteiger partial charge < -0.3 is 35.8 Å². The van der Waals surface area contributed by atoms with Crippen molar-refractivity contribution in [2.24, 2.45) is 5.92 Å². The van der Waals surface area contributed by atoms with Crippen LogP contribution in [0.15, 0.2) is 110 Å². The van der Waals surface area contributed by atoms with Crippen molar-refractivity contribution >= 4 is 40.1 Å². The van der Waals surface area contributed by atoms with Gasteiger partial charge in [-0.05, 0) is 65.4 Å². The summed E-state index contributed by atoms with van der Waals surface area (Å²) in [7, 11) is 0. The number of rotatable bonds is 15. The molecular formula is C44H51N7O5. The smallest absolute Gasteiger partial charge is 0.253 e. The quantitative estimate of drug-likeness (QED) is 0.107. The summed E-state index contributed by atoms with van der Waals surface area (Å²) < 4.78 is 0. The lowest BCUT2D eigenvalue weighted by Gasteiger charge is -2.38. The number of aromatic amines is 1. The molecule has 0 bridgehead atoms. The highest BCUT2D eigenvalue weighted by molar-refractivity contribution is 5.99. The molecule has 1 aliphatic heterocycles. The van der Waals surface area contributed by atoms with Crippen molar-refractivity contribution in [3.63, 3.8) is 0 Å². The Labute approximate surface area is 327 Å². The lowest BCUT2D eigenvalue weighted by Crippen LogP contribution is -2.60. The number of carbonyl (C=O) groups excluding carboxylic acids is 4. The number of H-pyrrole nitrogens is 1. The molecule has 0 saturated carbocycles. The molecule has 4 aromatic carbocycles. The molecule has 2 heterocycles. The van der Waals surface area contributed by atoms with Crippen LogP contribution in [0, 0.1) is 12.8 Å². The molecule has 5 N–H and O–H groups in total. The Morgan fingerprint density at radius 1 is 0.786 bits per heavy atom. The SMILES string of the molecule is Cc1cccc(N2CCN(C(=O)C(O)C(CC(C)C)NC(=O)[C@H](Cc3cnc[nH]3)NC(=O)[C@H](Cc3cccc4ccccc34)NC(=O)c3ccccc3)CC2)c1. The standard InChI is InChI=1S/C44H51N7O5/c1-29(2)23-37(40(52)44(56)51-21-19-50(20-22-51)35-17-9-11-30(3)24-35)47-43(55)39(26-34-27-45-28-46-34)49-42(54)38(48-41(53)32-13-5-4-6-14-32)25-33-16-10-15-31-12-7-8-18-36(31)33/h4-18,24,27-29,37-40,52H,19-23,25-26H2,1-3H3,(H,45,46)(H,47,55)(H,48,53)(H,49,54)/t37?,38-,39-,40?/m0/s1. The van der Waals surface area contributed by atoms with Crippen LogP contribution in [-0.4, -0.2) is 94.0 Å². The third kappa shape index (κ3) is 10.2. The van der Waals surface area contributed by atoms with E-state index in [2.05, 4.69) is 43.0 Å². The number of benzene rings is 4. The molecule has 1 saturated heterocycles. The Bertz CT molecular complexity index is 2090. The Hall–Kier alpha value is -6.01. The van der Waals surface area contributed by atoms with Crippen LogP contribution in [0.5, 0.6) is 0 Å². The minimum atomic E-state index is -1.50. The van der Waals surface area contributed by atoms with E-state index in [4.69, 9.17) is 0 Å². The van der Waals surface area contributed by atoms with Crippen molar-refractivity contribution in [2.45, 2.75) is 64.3 Å². The highest BCUT2D eigenvalue weighted by atomic mass is 16.3. The van der Waals surface area contributed by atoms with E-state index in [1.165, 1.54) is 6.33 Å². The van der Waals surface area contributed by atoms with Gasteiger partial charge in [0.05, 0.1) is 12.4 Å². The van der Waals surface area contributed by atoms with Gasteiger partial charge in [-0.3, -0.25) is 19.2 Å². The molecule has 2 unspecified atom stereocenters. The number of aliphatic hydroxyl groups is 1. The average Bonchev–Trinajstić information content (AvgIpc) is 3.73. The van der Waals surface area contributed by atoms with Crippen molar-refractivity contribution in [1.82, 2.24) is 30.8 Å². The Balaban J connectivity index is 1.20. The van der Waals surface area contributed by atoms with Crippen molar-refractivity contribution in [2.75, 3.05) is 31.1 Å². The number of nitrogens with zero attached hydrogens (tertiary/aromatic N) is 3. The number of aromatic nitrogens is 2. The van der Waals surface area contributed by atoms with E-state index in [-0.39, 0.29) is 18.8 Å². The summed E-state index contributed by atoms with van der Waals surface area (Å²) in [5, 5.41) is 22.2. The van der Waals surface area contributed by atoms with Crippen LogP contribution < -0.4 is 20.9 Å². The zero-order valence-corrected chi connectivity index (χ0v) is 32.2. The third-order valence-corrected chi connectivity index (χ3v) is 10.2. The highest BCUT2D eigenvalue weighted by Gasteiger charge is 2.36. The van der Waals surface area contributed by atoms with E-state index in [0.29, 0.717) is 43.9 Å². The summed E-state index contributed by atoms with van der Waals surface area (Å²) in [4.78, 5) is 66.7. The number of hydrogen-bond acceptors (Lipinski definition) is 7. The van der Waals surface area contributed by atoms with Crippen molar-refractivity contribution in [3.05, 3.63) is 132 Å². The summed E-state index contributed by atoms with van der Waals surface area (Å²) in [6.45, 7) is 8.03. The van der Waals surface area contributed by atoms with Crippen molar-refractivity contribution in [3.8, 4) is 0 Å². The van der Waals surface area contributed by atoms with Crippen LogP contribution in [0.2, 0.25) is 0 Å². The second kappa shape index (κ2) is 18.5. The maximum atomic E-state index is 14.3. The van der Waals surface area contributed by atoms with Crippen molar-refractivity contribution in [1.29, 1.82) is 0 Å². The molecule has 292 valence electrons. The zero-order valence-electron chi connectivity index (χ0n) is 32.2. The topological polar surface area (TPSA) is 160 Å². The number of hydrogen-bond donors (Lipinski definition) is 5. The molecule has 4 atom stereocenters. The monoisotopic (exact) mass is 757 g/mol. The van der Waals surface area contributed by atoms with Gasteiger partial charge in [-0.2, -0.15) is 0 Å². The number of nitrogens with one attached hydrogen (secondary N) is 4. The van der Waals surface area contributed by atoms with E-state index in [0.717, 1.165) is 27.6 Å². The maximum Gasteiger partial charge on any atom is 0.253 e. The van der Waals surface area contributed by atoms with E-state index in [1.54, 1.807) is 41.4 Å². The molecule has 4 amide bonds. The average molecular weight is 758 g/mol. The van der Waals surface area contributed by atoms with Crippen LogP contribution in [0.25, 0.3) is 10.8 Å². The molecular weight excluding hydrogens is 707 g/mol. The predicted octanol–water partition coefficient (Wildman–Crippen LogP) is 4.18. The first-order chi connectivity index (χ1) is 27.0. The van der Waals surface area contributed by atoms with Gasteiger partial charge in [0.2, 0.25) is 11.8 Å². The minimum absolute atomic E-state index is 0.0276. The Kier molecular flexibility index (Phi) is 13.1. The predicted molar refractivity (Wildman–Crippen MR) is 217 cm³/mol. The summed E-state index contributed by atoms with van der Waals surface area (Å²) in [5.74, 6) is -2.00. The maximum absolute atomic E-state index is 14.3. The summed E-state index contributed by atoms with van der Waals surface area (Å²) in [6, 6.07) is 27.4. The van der Waals surface area contributed by atoms with Crippen LogP contribution in [-0.2, 0) is 27.2 Å². The fraction of sp³-hybridized carbons (Fsp3) is 0.341. The molecule has 56 heavy (non-hydrogen) atoms. The van der Waals surface area contributed by atoms with Gasteiger partial charge in [-0.15, -0.1) is 0 Å². The molecule has 1 aliphatic rings. The van der Waals surface area contributed by atoms with Crippen LogP contribution >= 0.6 is 0 Å². The zero-order chi connectivity index (χ0) is 39.6. The first-order valence-electron chi connectivity index (χ1n) is 19.2. The van der Waals surface area contributed by atoms with Gasteiger partial charge >= 0.3 is 0 Å². The van der Waals surface area contributed by atoms with Gasteiger partial charge in [0.25, 0.3) is 11.8 Å². The second-order valence-electron chi connectivity index (χ2n) is 14.9. The third-order valence-electron chi connectivity index (χ3n) is 10.2. The largest absolute Gasteiger partial charge is 0.381 e. The fourth-order valence-electron chi connectivity index (χ4n) is 7.26. The van der Waals surface area contributed by atoms with Crippen LogP contribution in [0.1, 0.15) is 47.4 Å². The number of piperazine rings is 1. The van der Waals surface area contributed by atoms with Crippen molar-refractivity contribution < 1.29 is 24.3 Å². The number of amides is 4. The van der Waals surface area contributed by atoms with Crippen LogP contribution in [0.3, 0.4) is 0 Å². The number of carbonyl (C=O) groups is 4. The van der Waals surface area contributed by atoms with E-state index < -0.39 is 47.9 Å². The number of aliphatic hydroxyl groups excluding tert-OH is 1. The van der Waals surface area contributed by atoms with E-state index in [1.807, 2.05) is 75.4 Å². The molecule has 0 spiro atoms. The van der Waals surface area contributed by atoms with Gasteiger partial charge in [0, 0.05) is 62.2 Å². The van der Waals surface area contributed by atoms with Gasteiger partial charge in [-0.25, -0.2) is 4.98 Å². The molecule has 5 aromatic rings. The number of imidazole rings is 1. The van der Waals surface area contributed by atoms with Gasteiger partial charge in [0.1, 0.15) is 12.1 Å². The van der Waals surface area contributed by atoms with Gasteiger partial charge in [0.15, 0.2) is 6.10 Å². The normalized spacial score (nSPS) is 15.2. The molecule has 12 nitrogen and oxygen atoms in total. The summed E-state index contributed by atoms with van der Waals surface area (Å²) in [6.07, 6.45) is 2.08. The summed E-state index contributed by atoms with van der Waals surface area (Å²) >= 11 is 0. The number of anilines is 1. The molecule has 1 aromatic heterocycles. The number of aryl methyl sites for hydroxylation is 1. The van der Waals surface area contributed by atoms with E-state index >= 15 is 0 Å². The lowest BCUT2D eigenvalue weighted by molar-refractivity contribution is -0.143. The number of fused-ring (bicyclic) bond motifs is 1. The molecule has 1 fully saturated rings. The molecule has 12 heteroatoms. The minimum Gasteiger partial charge on any atom is -0.381 e. The highest BCUT2D eigenvalue weighted by Crippen LogP contribution is 2.22. The first kappa shape index (κ1) is 39.7. The molecule has 0 aliphatic carbocycles. The second-order valence-corrected chi connectivity index (χ2v) is 14.9. The first-order valence-corrected chi connectivity index (χ1v) is 19.2. The molecule has 6 rings (SSSR count).